The first-order valence-corrected chi connectivity index (χ1v) is 8.98. The number of thiophene rings is 1. The topological polar surface area (TPSA) is 24.4 Å². The molecule has 0 radical (unpaired) electrons. The average Bonchev–Trinajstić information content (AvgIpc) is 3.03. The van der Waals surface area contributed by atoms with Gasteiger partial charge in [0.2, 0.25) is 0 Å². The van der Waals surface area contributed by atoms with Crippen LogP contribution in [-0.2, 0) is 6.42 Å². The number of nitrogens with one attached hydrogen (secondary N) is 1. The number of thioether (sulfide) groups is 1. The first kappa shape index (κ1) is 14.9. The maximum atomic E-state index is 4.68. The van der Waals surface area contributed by atoms with E-state index in [9.17, 15) is 0 Å². The molecule has 0 aliphatic carbocycles. The highest BCUT2D eigenvalue weighted by molar-refractivity contribution is 8.14. The second kappa shape index (κ2) is 7.34. The van der Waals surface area contributed by atoms with E-state index in [1.807, 2.05) is 23.1 Å². The molecule has 106 valence electrons. The Morgan fingerprint density at radius 3 is 2.84 bits per heavy atom. The fourth-order valence-corrected chi connectivity index (χ4v) is 4.79. The van der Waals surface area contributed by atoms with E-state index in [2.05, 4.69) is 48.6 Å². The maximum Gasteiger partial charge on any atom is 0.157 e. The Hall–Kier alpha value is -0.480. The molecule has 0 bridgehead atoms. The maximum absolute atomic E-state index is 4.68. The molecule has 0 amide bonds. The summed E-state index contributed by atoms with van der Waals surface area (Å²) >= 11 is 3.79. The lowest BCUT2D eigenvalue weighted by atomic mass is 9.99. The van der Waals surface area contributed by atoms with Crippen LogP contribution < -0.4 is 5.32 Å². The van der Waals surface area contributed by atoms with E-state index in [1.54, 1.807) is 0 Å². The summed E-state index contributed by atoms with van der Waals surface area (Å²) in [6.45, 7) is 7.82. The third-order valence-corrected chi connectivity index (χ3v) is 5.92. The molecule has 1 aliphatic heterocycles. The number of amidine groups is 1. The van der Waals surface area contributed by atoms with Gasteiger partial charge in [-0.25, -0.2) is 0 Å². The molecular formula is C15H24N2S2. The monoisotopic (exact) mass is 296 g/mol. The Kier molecular flexibility index (Phi) is 5.76. The van der Waals surface area contributed by atoms with Gasteiger partial charge in [-0.2, -0.15) is 0 Å². The smallest absolute Gasteiger partial charge is 0.157 e. The van der Waals surface area contributed by atoms with Gasteiger partial charge in [0.25, 0.3) is 0 Å². The summed E-state index contributed by atoms with van der Waals surface area (Å²) < 4.78 is 0. The molecule has 0 saturated carbocycles. The van der Waals surface area contributed by atoms with Crippen LogP contribution >= 0.6 is 23.1 Å². The van der Waals surface area contributed by atoms with Crippen LogP contribution in [0, 0.1) is 5.92 Å². The molecule has 0 spiro atoms. The Morgan fingerprint density at radius 1 is 1.42 bits per heavy atom. The largest absolute Gasteiger partial charge is 0.362 e. The van der Waals surface area contributed by atoms with E-state index in [-0.39, 0.29) is 0 Å². The summed E-state index contributed by atoms with van der Waals surface area (Å²) in [5, 5.41) is 7.56. The molecule has 0 aromatic carbocycles. The lowest BCUT2D eigenvalue weighted by molar-refractivity contribution is 0.479. The molecule has 1 aromatic heterocycles. The van der Waals surface area contributed by atoms with E-state index in [0.717, 1.165) is 24.1 Å². The number of hydrogen-bond acceptors (Lipinski definition) is 4. The van der Waals surface area contributed by atoms with Gasteiger partial charge in [-0.3, -0.25) is 4.99 Å². The predicted molar refractivity (Wildman–Crippen MR) is 88.4 cm³/mol. The van der Waals surface area contributed by atoms with Crippen molar-refractivity contribution < 1.29 is 0 Å². The van der Waals surface area contributed by atoms with Crippen molar-refractivity contribution in [3.8, 4) is 0 Å². The zero-order chi connectivity index (χ0) is 13.7. The summed E-state index contributed by atoms with van der Waals surface area (Å²) in [5.74, 6) is 0.806. The van der Waals surface area contributed by atoms with Gasteiger partial charge in [0.1, 0.15) is 0 Å². The Balaban J connectivity index is 1.78. The van der Waals surface area contributed by atoms with Gasteiger partial charge >= 0.3 is 0 Å². The fraction of sp³-hybridized carbons (Fsp3) is 0.667. The number of nitrogens with zero attached hydrogens (tertiary/aromatic N) is 1. The third kappa shape index (κ3) is 4.25. The minimum Gasteiger partial charge on any atom is -0.362 e. The van der Waals surface area contributed by atoms with Crippen molar-refractivity contribution in [1.29, 1.82) is 0 Å². The van der Waals surface area contributed by atoms with Gasteiger partial charge in [0.15, 0.2) is 5.17 Å². The van der Waals surface area contributed by atoms with Crippen molar-refractivity contribution in [2.24, 2.45) is 10.9 Å². The van der Waals surface area contributed by atoms with Gasteiger partial charge in [-0.05, 0) is 24.3 Å². The van der Waals surface area contributed by atoms with E-state index >= 15 is 0 Å². The molecule has 1 aromatic rings. The highest BCUT2D eigenvalue weighted by Gasteiger charge is 2.26. The molecule has 19 heavy (non-hydrogen) atoms. The molecule has 4 heteroatoms. The van der Waals surface area contributed by atoms with Crippen LogP contribution in [0.5, 0.6) is 0 Å². The van der Waals surface area contributed by atoms with E-state index < -0.39 is 0 Å². The van der Waals surface area contributed by atoms with E-state index in [0.29, 0.717) is 11.3 Å². The molecule has 2 unspecified atom stereocenters. The second-order valence-corrected chi connectivity index (χ2v) is 7.47. The first-order chi connectivity index (χ1) is 9.22. The van der Waals surface area contributed by atoms with Crippen molar-refractivity contribution in [2.45, 2.75) is 51.3 Å². The van der Waals surface area contributed by atoms with Crippen LogP contribution in [-0.4, -0.2) is 23.0 Å². The Labute approximate surface area is 125 Å². The fourth-order valence-electron chi connectivity index (χ4n) is 2.52. The predicted octanol–water partition coefficient (Wildman–Crippen LogP) is 4.18. The van der Waals surface area contributed by atoms with Crippen molar-refractivity contribution in [2.75, 3.05) is 6.54 Å². The van der Waals surface area contributed by atoms with E-state index in [4.69, 9.17) is 0 Å². The number of aliphatic imine (C=N–C) groups is 1. The normalized spacial score (nSPS) is 20.6. The molecule has 0 fully saturated rings. The molecule has 2 atom stereocenters. The van der Waals surface area contributed by atoms with Gasteiger partial charge in [0.05, 0.1) is 6.54 Å². The minimum atomic E-state index is 0.463. The third-order valence-electron chi connectivity index (χ3n) is 3.71. The molecule has 2 heterocycles. The minimum absolute atomic E-state index is 0.463. The molecule has 2 rings (SSSR count). The average molecular weight is 297 g/mol. The second-order valence-electron chi connectivity index (χ2n) is 5.21. The zero-order valence-corrected chi connectivity index (χ0v) is 13.7. The summed E-state index contributed by atoms with van der Waals surface area (Å²) in [6.07, 6.45) is 3.62. The summed E-state index contributed by atoms with van der Waals surface area (Å²) in [5.41, 5.74) is 0. The highest BCUT2D eigenvalue weighted by Crippen LogP contribution is 2.30. The standard InChI is InChI=1S/C15H24N2S2/c1-4-12(5-2)14-10-16-15(19-14)17-11(3)9-13-7-6-8-18-13/h6-8,11-12,14H,4-5,9-10H2,1-3H3,(H,16,17). The number of hydrogen-bond donors (Lipinski definition) is 1. The van der Waals surface area contributed by atoms with Crippen LogP contribution in [0.3, 0.4) is 0 Å². The van der Waals surface area contributed by atoms with Gasteiger partial charge in [-0.1, -0.05) is 44.5 Å². The summed E-state index contributed by atoms with van der Waals surface area (Å²) in [4.78, 5) is 6.12. The number of rotatable bonds is 6. The van der Waals surface area contributed by atoms with Crippen LogP contribution in [0.4, 0.5) is 0 Å². The van der Waals surface area contributed by atoms with Gasteiger partial charge in [0, 0.05) is 22.6 Å². The molecular weight excluding hydrogens is 272 g/mol. The van der Waals surface area contributed by atoms with Crippen molar-refractivity contribution in [3.05, 3.63) is 22.4 Å². The van der Waals surface area contributed by atoms with Gasteiger partial charge < -0.3 is 5.32 Å². The molecule has 1 N–H and O–H groups in total. The van der Waals surface area contributed by atoms with Crippen LogP contribution in [0.25, 0.3) is 0 Å². The van der Waals surface area contributed by atoms with Gasteiger partial charge in [-0.15, -0.1) is 11.3 Å². The molecule has 0 saturated heterocycles. The summed E-state index contributed by atoms with van der Waals surface area (Å²) in [6, 6.07) is 4.79. The quantitative estimate of drug-likeness (QED) is 0.852. The zero-order valence-electron chi connectivity index (χ0n) is 12.1. The van der Waals surface area contributed by atoms with Crippen LogP contribution in [0.15, 0.2) is 22.5 Å². The van der Waals surface area contributed by atoms with Crippen molar-refractivity contribution >= 4 is 28.3 Å². The lowest BCUT2D eigenvalue weighted by Crippen LogP contribution is -2.31. The first-order valence-electron chi connectivity index (χ1n) is 7.22. The highest BCUT2D eigenvalue weighted by atomic mass is 32.2. The van der Waals surface area contributed by atoms with Crippen molar-refractivity contribution in [1.82, 2.24) is 5.32 Å². The SMILES string of the molecule is CCC(CC)C1CN=C(NC(C)Cc2cccs2)S1. The lowest BCUT2D eigenvalue weighted by Gasteiger charge is -2.19. The van der Waals surface area contributed by atoms with Crippen LogP contribution in [0.2, 0.25) is 0 Å². The van der Waals surface area contributed by atoms with E-state index in [1.165, 1.54) is 17.7 Å². The Morgan fingerprint density at radius 2 is 2.21 bits per heavy atom. The summed E-state index contributed by atoms with van der Waals surface area (Å²) in [7, 11) is 0. The molecule has 1 aliphatic rings. The Bertz CT molecular complexity index is 396. The van der Waals surface area contributed by atoms with Crippen LogP contribution in [0.1, 0.15) is 38.5 Å². The molecule has 2 nitrogen and oxygen atoms in total. The van der Waals surface area contributed by atoms with Crippen molar-refractivity contribution in [3.63, 3.8) is 0 Å².